The molecule has 164 valence electrons. The molecule has 1 aromatic heterocycles. The Morgan fingerprint density at radius 2 is 1.90 bits per heavy atom. The number of carbonyl (C=O) groups excluding carboxylic acids is 2. The molecule has 2 unspecified atom stereocenters. The second-order valence-electron chi connectivity index (χ2n) is 8.05. The zero-order valence-electron chi connectivity index (χ0n) is 17.7. The number of aromatic nitrogens is 1. The summed E-state index contributed by atoms with van der Waals surface area (Å²) in [4.78, 5) is 31.7. The average Bonchev–Trinajstić information content (AvgIpc) is 3.33. The third-order valence-electron chi connectivity index (χ3n) is 6.05. The lowest BCUT2D eigenvalue weighted by molar-refractivity contribution is -0.137. The van der Waals surface area contributed by atoms with E-state index in [1.807, 2.05) is 47.4 Å². The van der Waals surface area contributed by atoms with Crippen molar-refractivity contribution in [2.45, 2.75) is 37.9 Å². The topological polar surface area (TPSA) is 95.6 Å². The van der Waals surface area contributed by atoms with Crippen LogP contribution in [0.1, 0.15) is 36.6 Å². The quantitative estimate of drug-likeness (QED) is 0.653. The highest BCUT2D eigenvalue weighted by molar-refractivity contribution is 5.83. The van der Waals surface area contributed by atoms with E-state index in [2.05, 4.69) is 21.2 Å². The molecule has 0 spiro atoms. The Morgan fingerprint density at radius 3 is 2.58 bits per heavy atom. The zero-order valence-corrected chi connectivity index (χ0v) is 17.7. The Morgan fingerprint density at radius 1 is 1.13 bits per heavy atom. The molecule has 3 N–H and O–H groups in total. The molecular formula is C23H29N5O3. The maximum atomic E-state index is 12.9. The minimum atomic E-state index is -0.271. The van der Waals surface area contributed by atoms with Crippen LogP contribution >= 0.6 is 0 Å². The predicted octanol–water partition coefficient (Wildman–Crippen LogP) is 1.55. The van der Waals surface area contributed by atoms with Gasteiger partial charge in [0.2, 0.25) is 11.8 Å². The molecule has 0 bridgehead atoms. The molecule has 2 aliphatic rings. The number of methoxy groups -OCH3 is 1. The Balaban J connectivity index is 1.21. The largest absolute Gasteiger partial charge is 0.497 e. The maximum Gasteiger partial charge on any atom is 0.241 e. The van der Waals surface area contributed by atoms with Gasteiger partial charge in [0, 0.05) is 31.7 Å². The van der Waals surface area contributed by atoms with Crippen molar-refractivity contribution in [3.05, 3.63) is 59.9 Å². The molecule has 1 aromatic carbocycles. The molecule has 8 nitrogen and oxygen atoms in total. The zero-order chi connectivity index (χ0) is 21.6. The normalized spacial score (nSPS) is 21.6. The Bertz CT molecular complexity index is 882. The molecule has 0 aliphatic carbocycles. The molecule has 2 fully saturated rings. The first-order chi connectivity index (χ1) is 15.1. The number of nitrogens with one attached hydrogen (secondary N) is 3. The van der Waals surface area contributed by atoms with Crippen molar-refractivity contribution in [3.63, 3.8) is 0 Å². The number of ether oxygens (including phenoxy) is 1. The van der Waals surface area contributed by atoms with Gasteiger partial charge in [-0.05, 0) is 49.1 Å². The summed E-state index contributed by atoms with van der Waals surface area (Å²) in [7, 11) is 1.63. The van der Waals surface area contributed by atoms with Crippen LogP contribution in [0, 0.1) is 5.92 Å². The van der Waals surface area contributed by atoms with Crippen LogP contribution in [0.4, 0.5) is 0 Å². The molecule has 8 heteroatoms. The molecule has 31 heavy (non-hydrogen) atoms. The van der Waals surface area contributed by atoms with Crippen molar-refractivity contribution >= 4 is 11.8 Å². The van der Waals surface area contributed by atoms with Crippen LogP contribution < -0.4 is 20.9 Å². The van der Waals surface area contributed by atoms with Crippen LogP contribution in [0.3, 0.4) is 0 Å². The predicted molar refractivity (Wildman–Crippen MR) is 116 cm³/mol. The molecule has 4 rings (SSSR count). The lowest BCUT2D eigenvalue weighted by Crippen LogP contribution is -2.49. The maximum absolute atomic E-state index is 12.9. The summed E-state index contributed by atoms with van der Waals surface area (Å²) in [5, 5.41) is 3.02. The smallest absolute Gasteiger partial charge is 0.241 e. The van der Waals surface area contributed by atoms with Gasteiger partial charge in [-0.15, -0.1) is 0 Å². The molecule has 2 atom stereocenters. The highest BCUT2D eigenvalue weighted by atomic mass is 16.5. The fourth-order valence-corrected chi connectivity index (χ4v) is 4.15. The summed E-state index contributed by atoms with van der Waals surface area (Å²) < 4.78 is 5.15. The van der Waals surface area contributed by atoms with E-state index in [1.54, 1.807) is 13.3 Å². The number of piperidine rings is 1. The van der Waals surface area contributed by atoms with E-state index in [-0.39, 0.29) is 29.8 Å². The number of hydrogen-bond acceptors (Lipinski definition) is 6. The minimum absolute atomic E-state index is 0.0245. The molecule has 0 radical (unpaired) electrons. The van der Waals surface area contributed by atoms with Gasteiger partial charge >= 0.3 is 0 Å². The summed E-state index contributed by atoms with van der Waals surface area (Å²) in [6, 6.07) is 13.2. The van der Waals surface area contributed by atoms with E-state index in [1.165, 1.54) is 0 Å². The molecule has 2 aliphatic heterocycles. The fraction of sp³-hybridized carbons (Fsp3) is 0.435. The molecule has 2 saturated heterocycles. The Hall–Kier alpha value is -2.97. The second-order valence-corrected chi connectivity index (χ2v) is 8.05. The lowest BCUT2D eigenvalue weighted by atomic mass is 9.95. The van der Waals surface area contributed by atoms with E-state index in [9.17, 15) is 9.59 Å². The van der Waals surface area contributed by atoms with E-state index in [0.717, 1.165) is 17.0 Å². The summed E-state index contributed by atoms with van der Waals surface area (Å²) in [6.45, 7) is 1.70. The molecular weight excluding hydrogens is 394 g/mol. The fourth-order valence-electron chi connectivity index (χ4n) is 4.15. The standard InChI is InChI=1S/C23H29N5O3/c1-31-18-7-5-16(6-8-18)15-25-22(29)17-9-12-28(13-10-17)23(30)21-14-20(26-27-21)19-4-2-3-11-24-19/h2-8,11,17,20-21,26-27H,9-10,12-15H2,1H3,(H,25,29). The number of nitrogens with zero attached hydrogens (tertiary/aromatic N) is 2. The van der Waals surface area contributed by atoms with Crippen molar-refractivity contribution in [3.8, 4) is 5.75 Å². The van der Waals surface area contributed by atoms with Gasteiger partial charge in [0.15, 0.2) is 0 Å². The number of hydrazine groups is 1. The Labute approximate surface area is 182 Å². The molecule has 3 heterocycles. The summed E-state index contributed by atoms with van der Waals surface area (Å²) in [6.07, 6.45) is 3.79. The van der Waals surface area contributed by atoms with Crippen molar-refractivity contribution in [2.24, 2.45) is 5.92 Å². The third-order valence-corrected chi connectivity index (χ3v) is 6.05. The number of carbonyl (C=O) groups is 2. The summed E-state index contributed by atoms with van der Waals surface area (Å²) in [5.74, 6) is 0.880. The van der Waals surface area contributed by atoms with Gasteiger partial charge < -0.3 is 15.0 Å². The van der Waals surface area contributed by atoms with Gasteiger partial charge in [0.1, 0.15) is 11.8 Å². The summed E-state index contributed by atoms with van der Waals surface area (Å²) in [5.41, 5.74) is 8.25. The van der Waals surface area contributed by atoms with Crippen LogP contribution in [0.25, 0.3) is 0 Å². The lowest BCUT2D eigenvalue weighted by Gasteiger charge is -2.32. The van der Waals surface area contributed by atoms with Gasteiger partial charge in [0.05, 0.1) is 18.8 Å². The first kappa shape index (κ1) is 21.3. The van der Waals surface area contributed by atoms with E-state index < -0.39 is 0 Å². The molecule has 0 saturated carbocycles. The number of pyridine rings is 1. The highest BCUT2D eigenvalue weighted by Gasteiger charge is 2.35. The average molecular weight is 424 g/mol. The van der Waals surface area contributed by atoms with Crippen LogP contribution in [-0.2, 0) is 16.1 Å². The second kappa shape index (κ2) is 9.89. The highest BCUT2D eigenvalue weighted by Crippen LogP contribution is 2.24. The van der Waals surface area contributed by atoms with Crippen LogP contribution in [-0.4, -0.2) is 47.9 Å². The van der Waals surface area contributed by atoms with E-state index >= 15 is 0 Å². The molecule has 2 aromatic rings. The van der Waals surface area contributed by atoms with Crippen molar-refractivity contribution < 1.29 is 14.3 Å². The van der Waals surface area contributed by atoms with Gasteiger partial charge in [-0.2, -0.15) is 0 Å². The first-order valence-electron chi connectivity index (χ1n) is 10.8. The van der Waals surface area contributed by atoms with Crippen LogP contribution in [0.5, 0.6) is 5.75 Å². The van der Waals surface area contributed by atoms with E-state index in [4.69, 9.17) is 4.74 Å². The van der Waals surface area contributed by atoms with Gasteiger partial charge in [0.25, 0.3) is 0 Å². The number of amides is 2. The monoisotopic (exact) mass is 423 g/mol. The third kappa shape index (κ3) is 5.21. The van der Waals surface area contributed by atoms with Gasteiger partial charge in [-0.3, -0.25) is 14.6 Å². The van der Waals surface area contributed by atoms with Gasteiger partial charge in [-0.1, -0.05) is 18.2 Å². The van der Waals surface area contributed by atoms with Crippen molar-refractivity contribution in [1.29, 1.82) is 0 Å². The van der Waals surface area contributed by atoms with Crippen molar-refractivity contribution in [2.75, 3.05) is 20.2 Å². The molecule has 2 amide bonds. The summed E-state index contributed by atoms with van der Waals surface area (Å²) >= 11 is 0. The van der Waals surface area contributed by atoms with E-state index in [0.29, 0.717) is 38.9 Å². The van der Waals surface area contributed by atoms with Crippen LogP contribution in [0.15, 0.2) is 48.7 Å². The Kier molecular flexibility index (Phi) is 6.79. The first-order valence-corrected chi connectivity index (χ1v) is 10.8. The van der Waals surface area contributed by atoms with Crippen LogP contribution in [0.2, 0.25) is 0 Å². The number of likely N-dealkylation sites (tertiary alicyclic amines) is 1. The SMILES string of the molecule is COc1ccc(CNC(=O)C2CCN(C(=O)C3CC(c4ccccn4)NN3)CC2)cc1. The number of hydrogen-bond donors (Lipinski definition) is 3. The number of rotatable bonds is 6. The van der Waals surface area contributed by atoms with Crippen molar-refractivity contribution in [1.82, 2.24) is 26.1 Å². The van der Waals surface area contributed by atoms with Gasteiger partial charge in [-0.25, -0.2) is 10.9 Å². The minimum Gasteiger partial charge on any atom is -0.497 e. The number of benzene rings is 1.